The van der Waals surface area contributed by atoms with Crippen LogP contribution in [0.15, 0.2) is 18.2 Å². The number of amides is 1. The Morgan fingerprint density at radius 2 is 1.80 bits per heavy atom. The lowest BCUT2D eigenvalue weighted by Crippen LogP contribution is -2.39. The van der Waals surface area contributed by atoms with Crippen LogP contribution in [-0.2, 0) is 14.8 Å². The average Bonchev–Trinajstić information content (AvgIpc) is 2.53. The molecule has 0 fully saturated rings. The SMILES string of the molecule is CC(C)(C)S(=O)(=O)NCCCCC(=O)Nc1ccc2c(c1)OCCO2. The molecule has 2 rings (SSSR count). The first-order chi connectivity index (χ1) is 11.7. The highest BCUT2D eigenvalue weighted by Gasteiger charge is 2.27. The van der Waals surface area contributed by atoms with E-state index in [0.717, 1.165) is 0 Å². The number of hydrogen-bond acceptors (Lipinski definition) is 5. The summed E-state index contributed by atoms with van der Waals surface area (Å²) in [6.45, 7) is 6.30. The zero-order valence-corrected chi connectivity index (χ0v) is 15.7. The van der Waals surface area contributed by atoms with E-state index < -0.39 is 14.8 Å². The Bertz CT molecular complexity index is 710. The van der Waals surface area contributed by atoms with Gasteiger partial charge in [-0.2, -0.15) is 0 Å². The summed E-state index contributed by atoms with van der Waals surface area (Å²) >= 11 is 0. The predicted molar refractivity (Wildman–Crippen MR) is 96.6 cm³/mol. The Hall–Kier alpha value is -1.80. The van der Waals surface area contributed by atoms with Crippen molar-refractivity contribution in [3.63, 3.8) is 0 Å². The number of anilines is 1. The summed E-state index contributed by atoms with van der Waals surface area (Å²) in [6.07, 6.45) is 1.53. The summed E-state index contributed by atoms with van der Waals surface area (Å²) in [5.41, 5.74) is 0.655. The third-order valence-electron chi connectivity index (χ3n) is 3.75. The summed E-state index contributed by atoms with van der Waals surface area (Å²) in [7, 11) is -3.33. The van der Waals surface area contributed by atoms with E-state index in [1.807, 2.05) is 0 Å². The number of sulfonamides is 1. The fourth-order valence-electron chi connectivity index (χ4n) is 2.18. The first-order valence-electron chi connectivity index (χ1n) is 8.38. The van der Waals surface area contributed by atoms with Crippen molar-refractivity contribution in [3.05, 3.63) is 18.2 Å². The molecule has 1 aromatic rings. The summed E-state index contributed by atoms with van der Waals surface area (Å²) in [5, 5.41) is 2.81. The van der Waals surface area contributed by atoms with Crippen molar-refractivity contribution in [3.8, 4) is 11.5 Å². The van der Waals surface area contributed by atoms with Crippen molar-refractivity contribution in [1.29, 1.82) is 0 Å². The zero-order valence-electron chi connectivity index (χ0n) is 14.9. The molecule has 1 amide bonds. The Morgan fingerprint density at radius 1 is 1.12 bits per heavy atom. The van der Waals surface area contributed by atoms with Gasteiger partial charge in [0.15, 0.2) is 11.5 Å². The standard InChI is InChI=1S/C17H26N2O5S/c1-17(2,3)25(21,22)18-9-5-4-6-16(20)19-13-7-8-14-15(12-13)24-11-10-23-14/h7-8,12,18H,4-6,9-11H2,1-3H3,(H,19,20). The molecular weight excluding hydrogens is 344 g/mol. The minimum atomic E-state index is -3.33. The van der Waals surface area contributed by atoms with Gasteiger partial charge in [0.1, 0.15) is 13.2 Å². The maximum atomic E-state index is 12.0. The van der Waals surface area contributed by atoms with Crippen LogP contribution in [0.2, 0.25) is 0 Å². The van der Waals surface area contributed by atoms with E-state index in [4.69, 9.17) is 9.47 Å². The first kappa shape index (κ1) is 19.5. The van der Waals surface area contributed by atoms with Gasteiger partial charge in [0.05, 0.1) is 4.75 Å². The Balaban J connectivity index is 1.71. The highest BCUT2D eigenvalue weighted by atomic mass is 32.2. The Morgan fingerprint density at radius 3 is 2.48 bits per heavy atom. The average molecular weight is 370 g/mol. The van der Waals surface area contributed by atoms with E-state index in [0.29, 0.717) is 56.2 Å². The molecule has 1 heterocycles. The quantitative estimate of drug-likeness (QED) is 0.718. The van der Waals surface area contributed by atoms with Crippen LogP contribution in [0.3, 0.4) is 0 Å². The van der Waals surface area contributed by atoms with Crippen LogP contribution in [-0.4, -0.2) is 38.8 Å². The number of benzene rings is 1. The number of nitrogens with one attached hydrogen (secondary N) is 2. The number of unbranched alkanes of at least 4 members (excludes halogenated alkanes) is 1. The van der Waals surface area contributed by atoms with Crippen molar-refractivity contribution >= 4 is 21.6 Å². The van der Waals surface area contributed by atoms with Gasteiger partial charge < -0.3 is 14.8 Å². The van der Waals surface area contributed by atoms with Crippen LogP contribution in [0.4, 0.5) is 5.69 Å². The van der Waals surface area contributed by atoms with E-state index in [-0.39, 0.29) is 5.91 Å². The zero-order chi connectivity index (χ0) is 18.5. The lowest BCUT2D eigenvalue weighted by molar-refractivity contribution is -0.116. The van der Waals surface area contributed by atoms with Gasteiger partial charge in [0.2, 0.25) is 15.9 Å². The van der Waals surface area contributed by atoms with Crippen LogP contribution >= 0.6 is 0 Å². The molecular formula is C17H26N2O5S. The van der Waals surface area contributed by atoms with E-state index >= 15 is 0 Å². The summed E-state index contributed by atoms with van der Waals surface area (Å²) in [4.78, 5) is 12.0. The van der Waals surface area contributed by atoms with E-state index in [2.05, 4.69) is 10.0 Å². The molecule has 0 radical (unpaired) electrons. The molecule has 0 aliphatic carbocycles. The van der Waals surface area contributed by atoms with Crippen LogP contribution in [0.25, 0.3) is 0 Å². The first-order valence-corrected chi connectivity index (χ1v) is 9.86. The van der Waals surface area contributed by atoms with Crippen LogP contribution in [0.1, 0.15) is 40.0 Å². The maximum Gasteiger partial charge on any atom is 0.224 e. The summed E-state index contributed by atoms with van der Waals surface area (Å²) in [5.74, 6) is 1.19. The largest absolute Gasteiger partial charge is 0.486 e. The molecule has 7 nitrogen and oxygen atoms in total. The second kappa shape index (κ2) is 8.05. The second-order valence-electron chi connectivity index (χ2n) is 6.87. The van der Waals surface area contributed by atoms with Gasteiger partial charge in [-0.15, -0.1) is 0 Å². The van der Waals surface area contributed by atoms with Crippen LogP contribution < -0.4 is 19.5 Å². The van der Waals surface area contributed by atoms with E-state index in [9.17, 15) is 13.2 Å². The number of fused-ring (bicyclic) bond motifs is 1. The van der Waals surface area contributed by atoms with Gasteiger partial charge in [-0.25, -0.2) is 13.1 Å². The number of carbonyl (C=O) groups excluding carboxylic acids is 1. The van der Waals surface area contributed by atoms with Crippen molar-refractivity contribution in [2.24, 2.45) is 0 Å². The molecule has 0 saturated carbocycles. The Labute approximate surface area is 149 Å². The van der Waals surface area contributed by atoms with Crippen molar-refractivity contribution in [2.45, 2.75) is 44.8 Å². The summed E-state index contributed by atoms with van der Waals surface area (Å²) in [6, 6.07) is 5.28. The topological polar surface area (TPSA) is 93.7 Å². The molecule has 140 valence electrons. The van der Waals surface area contributed by atoms with Gasteiger partial charge in [-0.3, -0.25) is 4.79 Å². The van der Waals surface area contributed by atoms with Crippen molar-refractivity contribution in [2.75, 3.05) is 25.1 Å². The number of rotatable bonds is 7. The van der Waals surface area contributed by atoms with E-state index in [1.54, 1.807) is 39.0 Å². The lowest BCUT2D eigenvalue weighted by atomic mass is 10.2. The number of carbonyl (C=O) groups is 1. The third-order valence-corrected chi connectivity index (χ3v) is 5.95. The Kier molecular flexibility index (Phi) is 6.29. The third kappa shape index (κ3) is 5.61. The molecule has 0 atom stereocenters. The molecule has 25 heavy (non-hydrogen) atoms. The molecule has 0 spiro atoms. The van der Waals surface area contributed by atoms with Gasteiger partial charge in [-0.1, -0.05) is 0 Å². The minimum Gasteiger partial charge on any atom is -0.486 e. The smallest absolute Gasteiger partial charge is 0.224 e. The highest BCUT2D eigenvalue weighted by molar-refractivity contribution is 7.90. The summed E-state index contributed by atoms with van der Waals surface area (Å²) < 4.78 is 36.4. The number of hydrogen-bond donors (Lipinski definition) is 2. The van der Waals surface area contributed by atoms with Gasteiger partial charge in [0.25, 0.3) is 0 Å². The fourth-order valence-corrected chi connectivity index (χ4v) is 3.02. The molecule has 2 N–H and O–H groups in total. The molecule has 1 aliphatic rings. The normalized spacial score (nSPS) is 14.2. The molecule has 1 aliphatic heterocycles. The van der Waals surface area contributed by atoms with Crippen LogP contribution in [0.5, 0.6) is 11.5 Å². The molecule has 0 bridgehead atoms. The molecule has 0 unspecified atom stereocenters. The van der Waals surface area contributed by atoms with Crippen molar-refractivity contribution in [1.82, 2.24) is 4.72 Å². The molecule has 1 aromatic carbocycles. The van der Waals surface area contributed by atoms with E-state index in [1.165, 1.54) is 0 Å². The van der Waals surface area contributed by atoms with Gasteiger partial charge in [0, 0.05) is 24.7 Å². The molecule has 8 heteroatoms. The van der Waals surface area contributed by atoms with Crippen LogP contribution in [0, 0.1) is 0 Å². The lowest BCUT2D eigenvalue weighted by Gasteiger charge is -2.19. The fraction of sp³-hybridized carbons (Fsp3) is 0.588. The maximum absolute atomic E-state index is 12.0. The van der Waals surface area contributed by atoms with Crippen molar-refractivity contribution < 1.29 is 22.7 Å². The number of ether oxygens (including phenoxy) is 2. The van der Waals surface area contributed by atoms with Gasteiger partial charge >= 0.3 is 0 Å². The molecule has 0 saturated heterocycles. The minimum absolute atomic E-state index is 0.115. The molecule has 0 aromatic heterocycles. The highest BCUT2D eigenvalue weighted by Crippen LogP contribution is 2.32. The van der Waals surface area contributed by atoms with Gasteiger partial charge in [-0.05, 0) is 45.7 Å². The second-order valence-corrected chi connectivity index (χ2v) is 9.39. The predicted octanol–water partition coefficient (Wildman–Crippen LogP) is 2.28. The monoisotopic (exact) mass is 370 g/mol.